The Kier molecular flexibility index (Phi) is 4.06. The van der Waals surface area contributed by atoms with Crippen LogP contribution in [0.1, 0.15) is 18.7 Å². The number of rotatable bonds is 3. The largest absolute Gasteiger partial charge is 0.509 e. The van der Waals surface area contributed by atoms with Crippen LogP contribution in [0.5, 0.6) is 5.75 Å². The lowest BCUT2D eigenvalue weighted by atomic mass is 9.92. The molecule has 2 amide bonds. The number of cyclic esters (lactones) is 1. The quantitative estimate of drug-likeness (QED) is 0.835. The number of hydrogen-bond donors (Lipinski definition) is 1. The first kappa shape index (κ1) is 16.5. The normalized spacial score (nSPS) is 18.7. The van der Waals surface area contributed by atoms with Gasteiger partial charge in [0, 0.05) is 32.0 Å². The molecule has 2 aromatic rings. The summed E-state index contributed by atoms with van der Waals surface area (Å²) in [6.07, 6.45) is 0.499. The number of fused-ring (bicyclic) bond motifs is 1. The number of ether oxygens (including phenoxy) is 3. The molecule has 3 heterocycles. The fourth-order valence-corrected chi connectivity index (χ4v) is 3.21. The third-order valence-electron chi connectivity index (χ3n) is 4.74. The van der Waals surface area contributed by atoms with Gasteiger partial charge in [-0.3, -0.25) is 0 Å². The summed E-state index contributed by atoms with van der Waals surface area (Å²) in [5.41, 5.74) is 0.738. The zero-order valence-electron chi connectivity index (χ0n) is 14.3. The van der Waals surface area contributed by atoms with Gasteiger partial charge >= 0.3 is 12.2 Å². The summed E-state index contributed by atoms with van der Waals surface area (Å²) in [7, 11) is 1.59. The Balaban J connectivity index is 1.32. The maximum Gasteiger partial charge on any atom is 0.509 e. The first-order chi connectivity index (χ1) is 12.6. The molecule has 1 N–H and O–H groups in total. The average molecular weight is 361 g/mol. The highest BCUT2D eigenvalue weighted by atomic mass is 16.8. The number of amides is 2. The topological polar surface area (TPSA) is 103 Å². The van der Waals surface area contributed by atoms with Crippen LogP contribution in [0.15, 0.2) is 22.6 Å². The van der Waals surface area contributed by atoms with Crippen LogP contribution < -0.4 is 10.1 Å². The molecule has 1 aromatic carbocycles. The Morgan fingerprint density at radius 1 is 1.38 bits per heavy atom. The minimum absolute atomic E-state index is 0.190. The number of aromatic nitrogens is 1. The molecule has 9 heteroatoms. The number of nitrogens with zero attached hydrogens (tertiary/aromatic N) is 2. The molecule has 2 aliphatic heterocycles. The van der Waals surface area contributed by atoms with E-state index in [4.69, 9.17) is 18.6 Å². The Bertz CT molecular complexity index is 840. The maximum absolute atomic E-state index is 12.3. The molecule has 0 saturated carbocycles. The zero-order chi connectivity index (χ0) is 18.1. The number of likely N-dealkylation sites (tertiary alicyclic amines) is 1. The van der Waals surface area contributed by atoms with E-state index in [-0.39, 0.29) is 19.2 Å². The number of hydrogen-bond acceptors (Lipinski definition) is 7. The second kappa shape index (κ2) is 6.40. The number of benzene rings is 1. The second-order valence-corrected chi connectivity index (χ2v) is 6.41. The smallest absolute Gasteiger partial charge is 0.497 e. The lowest BCUT2D eigenvalue weighted by Gasteiger charge is -2.36. The van der Waals surface area contributed by atoms with Crippen molar-refractivity contribution < 1.29 is 28.2 Å². The molecule has 2 aliphatic rings. The Hall–Kier alpha value is -2.97. The monoisotopic (exact) mass is 361 g/mol. The molecule has 0 bridgehead atoms. The third kappa shape index (κ3) is 3.12. The minimum atomic E-state index is -0.629. The van der Waals surface area contributed by atoms with Gasteiger partial charge in [-0.15, -0.1) is 0 Å². The fourth-order valence-electron chi connectivity index (χ4n) is 3.21. The molecule has 138 valence electrons. The van der Waals surface area contributed by atoms with Crippen LogP contribution in [0.4, 0.5) is 9.59 Å². The van der Waals surface area contributed by atoms with Crippen molar-refractivity contribution in [2.45, 2.75) is 25.0 Å². The van der Waals surface area contributed by atoms with Gasteiger partial charge in [-0.1, -0.05) is 0 Å². The van der Waals surface area contributed by atoms with Crippen LogP contribution in [0.25, 0.3) is 11.1 Å². The summed E-state index contributed by atoms with van der Waals surface area (Å²) < 4.78 is 20.9. The summed E-state index contributed by atoms with van der Waals surface area (Å²) >= 11 is 0. The predicted molar refractivity (Wildman–Crippen MR) is 88.8 cm³/mol. The Labute approximate surface area is 149 Å². The van der Waals surface area contributed by atoms with Gasteiger partial charge in [-0.2, -0.15) is 0 Å². The second-order valence-electron chi connectivity index (χ2n) is 6.41. The predicted octanol–water partition coefficient (Wildman–Crippen LogP) is 2.05. The van der Waals surface area contributed by atoms with Crippen molar-refractivity contribution >= 4 is 23.3 Å². The maximum atomic E-state index is 12.3. The molecule has 4 rings (SSSR count). The Morgan fingerprint density at radius 3 is 2.88 bits per heavy atom. The van der Waals surface area contributed by atoms with Crippen molar-refractivity contribution in [1.82, 2.24) is 15.2 Å². The molecule has 1 aromatic heterocycles. The van der Waals surface area contributed by atoms with E-state index in [0.717, 1.165) is 0 Å². The standard InChI is InChI=1S/C17H19N3O6/c1-23-11-2-3-13-12(8-11)19-14(25-13)9-18-15(21)20-6-4-17(5-7-20)10-24-16(22)26-17/h2-3,8H,4-7,9-10H2,1H3,(H,18,21). The van der Waals surface area contributed by atoms with Crippen molar-refractivity contribution in [2.24, 2.45) is 0 Å². The van der Waals surface area contributed by atoms with Crippen LogP contribution in [-0.4, -0.2) is 54.5 Å². The number of carbonyl (C=O) groups excluding carboxylic acids is 2. The molecule has 0 aliphatic carbocycles. The van der Waals surface area contributed by atoms with Gasteiger partial charge in [0.05, 0.1) is 13.7 Å². The SMILES string of the molecule is COc1ccc2oc(CNC(=O)N3CCC4(CC3)COC(=O)O4)nc2c1. The van der Waals surface area contributed by atoms with Gasteiger partial charge in [0.15, 0.2) is 11.2 Å². The highest BCUT2D eigenvalue weighted by Crippen LogP contribution is 2.31. The van der Waals surface area contributed by atoms with Crippen molar-refractivity contribution in [3.05, 3.63) is 24.1 Å². The van der Waals surface area contributed by atoms with Gasteiger partial charge in [0.2, 0.25) is 5.89 Å². The number of oxazole rings is 1. The molecule has 0 radical (unpaired) electrons. The highest BCUT2D eigenvalue weighted by Gasteiger charge is 2.45. The van der Waals surface area contributed by atoms with E-state index >= 15 is 0 Å². The average Bonchev–Trinajstić information content (AvgIpc) is 3.22. The van der Waals surface area contributed by atoms with E-state index in [1.807, 2.05) is 0 Å². The summed E-state index contributed by atoms with van der Waals surface area (Å²) in [5, 5.41) is 2.81. The summed E-state index contributed by atoms with van der Waals surface area (Å²) in [6, 6.07) is 5.14. The van der Waals surface area contributed by atoms with Gasteiger partial charge in [-0.25, -0.2) is 14.6 Å². The summed E-state index contributed by atoms with van der Waals surface area (Å²) in [4.78, 5) is 29.5. The molecule has 0 unspecified atom stereocenters. The summed E-state index contributed by atoms with van der Waals surface area (Å²) in [6.45, 7) is 1.43. The highest BCUT2D eigenvalue weighted by molar-refractivity contribution is 5.75. The van der Waals surface area contributed by atoms with Crippen LogP contribution in [0, 0.1) is 0 Å². The van der Waals surface area contributed by atoms with Gasteiger partial charge in [-0.05, 0) is 12.1 Å². The van der Waals surface area contributed by atoms with E-state index in [9.17, 15) is 9.59 Å². The van der Waals surface area contributed by atoms with Crippen LogP contribution in [0.2, 0.25) is 0 Å². The third-order valence-corrected chi connectivity index (χ3v) is 4.74. The molecule has 2 saturated heterocycles. The molecule has 0 atom stereocenters. The van der Waals surface area contributed by atoms with Crippen LogP contribution in [0.3, 0.4) is 0 Å². The number of carbonyl (C=O) groups is 2. The lowest BCUT2D eigenvalue weighted by molar-refractivity contribution is 0.00928. The fraction of sp³-hybridized carbons (Fsp3) is 0.471. The molecule has 2 fully saturated rings. The van der Waals surface area contributed by atoms with Crippen LogP contribution in [-0.2, 0) is 16.0 Å². The molecule has 9 nitrogen and oxygen atoms in total. The molecule has 26 heavy (non-hydrogen) atoms. The van der Waals surface area contributed by atoms with E-state index in [2.05, 4.69) is 10.3 Å². The van der Waals surface area contributed by atoms with Gasteiger partial charge in [0.1, 0.15) is 17.9 Å². The lowest BCUT2D eigenvalue weighted by Crippen LogP contribution is -2.50. The first-order valence-electron chi connectivity index (χ1n) is 8.39. The van der Waals surface area contributed by atoms with E-state index in [0.29, 0.717) is 48.7 Å². The van der Waals surface area contributed by atoms with Crippen molar-refractivity contribution in [1.29, 1.82) is 0 Å². The van der Waals surface area contributed by atoms with Crippen molar-refractivity contribution in [3.63, 3.8) is 0 Å². The zero-order valence-corrected chi connectivity index (χ0v) is 14.3. The number of nitrogens with one attached hydrogen (secondary N) is 1. The number of urea groups is 1. The van der Waals surface area contributed by atoms with Crippen LogP contribution >= 0.6 is 0 Å². The van der Waals surface area contributed by atoms with E-state index in [1.165, 1.54) is 0 Å². The molecular formula is C17H19N3O6. The van der Waals surface area contributed by atoms with Crippen molar-refractivity contribution in [3.8, 4) is 5.75 Å². The molecule has 1 spiro atoms. The first-order valence-corrected chi connectivity index (χ1v) is 8.39. The van der Waals surface area contributed by atoms with Gasteiger partial charge < -0.3 is 28.8 Å². The molecular weight excluding hydrogens is 342 g/mol. The van der Waals surface area contributed by atoms with E-state index < -0.39 is 11.8 Å². The minimum Gasteiger partial charge on any atom is -0.497 e. The number of piperidine rings is 1. The van der Waals surface area contributed by atoms with Gasteiger partial charge in [0.25, 0.3) is 0 Å². The number of methoxy groups -OCH3 is 1. The van der Waals surface area contributed by atoms with Crippen molar-refractivity contribution in [2.75, 3.05) is 26.8 Å². The Morgan fingerprint density at radius 2 is 2.19 bits per heavy atom. The summed E-state index contributed by atoms with van der Waals surface area (Å²) in [5.74, 6) is 1.12. The van der Waals surface area contributed by atoms with E-state index in [1.54, 1.807) is 30.2 Å².